The number of hydrogen-bond acceptors (Lipinski definition) is 7. The van der Waals surface area contributed by atoms with Crippen molar-refractivity contribution in [2.24, 2.45) is 5.92 Å². The van der Waals surface area contributed by atoms with E-state index in [2.05, 4.69) is 16.0 Å². The molecule has 1 fully saturated rings. The fourth-order valence-corrected chi connectivity index (χ4v) is 4.63. The van der Waals surface area contributed by atoms with Crippen molar-refractivity contribution in [2.75, 3.05) is 11.5 Å². The zero-order chi connectivity index (χ0) is 20.3. The number of sulfone groups is 1. The summed E-state index contributed by atoms with van der Waals surface area (Å²) in [6, 6.07) is 6.48. The predicted octanol–water partition coefficient (Wildman–Crippen LogP) is 1.07. The maximum atomic E-state index is 12.3. The third-order valence-electron chi connectivity index (χ3n) is 4.56. The number of nitrogens with one attached hydrogen (secondary N) is 2. The molecule has 2 amide bonds. The first-order chi connectivity index (χ1) is 13.2. The van der Waals surface area contributed by atoms with Gasteiger partial charge in [0.05, 0.1) is 28.7 Å². The summed E-state index contributed by atoms with van der Waals surface area (Å²) in [5, 5.41) is 3.86. The minimum absolute atomic E-state index is 0.0104. The number of aryl methyl sites for hydroxylation is 2. The number of nitrogens with zero attached hydrogens (tertiary/aromatic N) is 1. The van der Waals surface area contributed by atoms with Gasteiger partial charge in [0.15, 0.2) is 9.84 Å². The van der Waals surface area contributed by atoms with Gasteiger partial charge in [0.2, 0.25) is 5.91 Å². The van der Waals surface area contributed by atoms with Gasteiger partial charge in [0.25, 0.3) is 5.91 Å². The van der Waals surface area contributed by atoms with Crippen LogP contribution in [0, 0.1) is 19.8 Å². The van der Waals surface area contributed by atoms with Crippen LogP contribution in [0.25, 0.3) is 0 Å². The normalized spacial score (nSPS) is 17.9. The van der Waals surface area contributed by atoms with Crippen LogP contribution in [0.15, 0.2) is 28.8 Å². The van der Waals surface area contributed by atoms with Gasteiger partial charge in [-0.05, 0) is 38.5 Å². The highest BCUT2D eigenvalue weighted by Gasteiger charge is 2.33. The van der Waals surface area contributed by atoms with Crippen LogP contribution in [0.2, 0.25) is 0 Å². The van der Waals surface area contributed by atoms with Gasteiger partial charge in [0, 0.05) is 5.56 Å². The zero-order valence-electron chi connectivity index (χ0n) is 15.5. The van der Waals surface area contributed by atoms with E-state index in [0.29, 0.717) is 11.5 Å². The maximum Gasteiger partial charge on any atom is 0.269 e. The van der Waals surface area contributed by atoms with Gasteiger partial charge < -0.3 is 9.26 Å². The van der Waals surface area contributed by atoms with Crippen LogP contribution in [-0.2, 0) is 21.2 Å². The highest BCUT2D eigenvalue weighted by Crippen LogP contribution is 2.19. The van der Waals surface area contributed by atoms with Gasteiger partial charge in [-0.1, -0.05) is 11.2 Å². The van der Waals surface area contributed by atoms with Crippen molar-refractivity contribution in [3.05, 3.63) is 46.8 Å². The summed E-state index contributed by atoms with van der Waals surface area (Å²) in [6.07, 6.45) is 0.259. The molecule has 10 heteroatoms. The first-order valence-electron chi connectivity index (χ1n) is 8.70. The van der Waals surface area contributed by atoms with Crippen molar-refractivity contribution in [1.29, 1.82) is 0 Å². The first kappa shape index (κ1) is 19.9. The Labute approximate surface area is 162 Å². The molecule has 0 bridgehead atoms. The van der Waals surface area contributed by atoms with Gasteiger partial charge in [-0.3, -0.25) is 20.4 Å². The van der Waals surface area contributed by atoms with Crippen LogP contribution in [-0.4, -0.2) is 36.9 Å². The minimum atomic E-state index is -3.17. The number of carbonyl (C=O) groups excluding carboxylic acids is 2. The van der Waals surface area contributed by atoms with Crippen molar-refractivity contribution >= 4 is 21.7 Å². The number of hydrazine groups is 1. The van der Waals surface area contributed by atoms with Crippen LogP contribution in [0.3, 0.4) is 0 Å². The van der Waals surface area contributed by atoms with Crippen molar-refractivity contribution in [2.45, 2.75) is 26.9 Å². The second-order valence-electron chi connectivity index (χ2n) is 6.66. The molecule has 2 aromatic rings. The van der Waals surface area contributed by atoms with Crippen LogP contribution >= 0.6 is 0 Å². The molecule has 1 saturated heterocycles. The molecule has 1 atom stereocenters. The van der Waals surface area contributed by atoms with E-state index >= 15 is 0 Å². The molecule has 1 aromatic heterocycles. The van der Waals surface area contributed by atoms with Crippen LogP contribution in [0.1, 0.15) is 33.8 Å². The van der Waals surface area contributed by atoms with Crippen molar-refractivity contribution in [3.8, 4) is 5.75 Å². The molecular weight excluding hydrogens is 386 g/mol. The SMILES string of the molecule is Cc1noc(C)c1COc1cccc(C(=O)NNC(=O)[C@@H]2CCS(=O)(=O)C2)c1. The average molecular weight is 407 g/mol. The van der Waals surface area contributed by atoms with Gasteiger partial charge in [-0.25, -0.2) is 8.42 Å². The van der Waals surface area contributed by atoms with Crippen LogP contribution < -0.4 is 15.6 Å². The summed E-state index contributed by atoms with van der Waals surface area (Å²) in [6.45, 7) is 3.86. The Bertz CT molecular complexity index is 979. The predicted molar refractivity (Wildman–Crippen MR) is 99.1 cm³/mol. The fourth-order valence-electron chi connectivity index (χ4n) is 2.88. The van der Waals surface area contributed by atoms with E-state index in [1.165, 1.54) is 0 Å². The van der Waals surface area contributed by atoms with E-state index in [4.69, 9.17) is 9.26 Å². The van der Waals surface area contributed by atoms with E-state index in [1.54, 1.807) is 31.2 Å². The monoisotopic (exact) mass is 407 g/mol. The van der Waals surface area contributed by atoms with E-state index in [1.807, 2.05) is 6.92 Å². The standard InChI is InChI=1S/C18H21N3O6S/c1-11-16(12(2)27-21-11)9-26-15-5-3-4-13(8-15)17(22)19-20-18(23)14-6-7-28(24,25)10-14/h3-5,8,14H,6-7,9-10H2,1-2H3,(H,19,22)(H,20,23)/t14-/m1/s1. The Morgan fingerprint density at radius 3 is 2.71 bits per heavy atom. The fraction of sp³-hybridized carbons (Fsp3) is 0.389. The second-order valence-corrected chi connectivity index (χ2v) is 8.89. The number of hydrogen-bond donors (Lipinski definition) is 2. The third-order valence-corrected chi connectivity index (χ3v) is 6.33. The molecular formula is C18H21N3O6S. The molecule has 0 aliphatic carbocycles. The lowest BCUT2D eigenvalue weighted by atomic mass is 10.1. The molecule has 0 saturated carbocycles. The van der Waals surface area contributed by atoms with Crippen LogP contribution in [0.5, 0.6) is 5.75 Å². The van der Waals surface area contributed by atoms with E-state index in [-0.39, 0.29) is 30.1 Å². The van der Waals surface area contributed by atoms with Gasteiger partial charge in [0.1, 0.15) is 18.1 Å². The topological polar surface area (TPSA) is 128 Å². The molecule has 9 nitrogen and oxygen atoms in total. The van der Waals surface area contributed by atoms with Crippen molar-refractivity contribution in [3.63, 3.8) is 0 Å². The Morgan fingerprint density at radius 1 is 1.29 bits per heavy atom. The Balaban J connectivity index is 1.56. The number of ether oxygens (including phenoxy) is 1. The number of rotatable bonds is 5. The van der Waals surface area contributed by atoms with Crippen LogP contribution in [0.4, 0.5) is 0 Å². The quantitative estimate of drug-likeness (QED) is 0.710. The smallest absolute Gasteiger partial charge is 0.269 e. The lowest BCUT2D eigenvalue weighted by molar-refractivity contribution is -0.125. The number of aromatic nitrogens is 1. The Morgan fingerprint density at radius 2 is 2.07 bits per heavy atom. The molecule has 1 aliphatic heterocycles. The summed E-state index contributed by atoms with van der Waals surface area (Å²) >= 11 is 0. The molecule has 1 aliphatic rings. The van der Waals surface area contributed by atoms with E-state index < -0.39 is 27.6 Å². The second kappa shape index (κ2) is 8.01. The summed E-state index contributed by atoms with van der Waals surface area (Å²) < 4.78 is 33.7. The summed E-state index contributed by atoms with van der Waals surface area (Å²) in [7, 11) is -3.17. The highest BCUT2D eigenvalue weighted by atomic mass is 32.2. The third kappa shape index (κ3) is 4.69. The molecule has 0 spiro atoms. The number of benzene rings is 1. The van der Waals surface area contributed by atoms with Crippen molar-refractivity contribution < 1.29 is 27.3 Å². The van der Waals surface area contributed by atoms with Gasteiger partial charge in [-0.2, -0.15) is 0 Å². The molecule has 0 radical (unpaired) electrons. The van der Waals surface area contributed by atoms with E-state index in [9.17, 15) is 18.0 Å². The zero-order valence-corrected chi connectivity index (χ0v) is 16.3. The van der Waals surface area contributed by atoms with Gasteiger partial charge >= 0.3 is 0 Å². The molecule has 2 heterocycles. The first-order valence-corrected chi connectivity index (χ1v) is 10.5. The lowest BCUT2D eigenvalue weighted by Gasteiger charge is -2.11. The van der Waals surface area contributed by atoms with Gasteiger partial charge in [-0.15, -0.1) is 0 Å². The maximum absolute atomic E-state index is 12.3. The molecule has 2 N–H and O–H groups in total. The number of amides is 2. The van der Waals surface area contributed by atoms with E-state index in [0.717, 1.165) is 11.3 Å². The Hall–Kier alpha value is -2.88. The molecule has 28 heavy (non-hydrogen) atoms. The molecule has 1 aromatic carbocycles. The number of carbonyl (C=O) groups is 2. The Kier molecular flexibility index (Phi) is 5.68. The lowest BCUT2D eigenvalue weighted by Crippen LogP contribution is -2.44. The highest BCUT2D eigenvalue weighted by molar-refractivity contribution is 7.91. The minimum Gasteiger partial charge on any atom is -0.489 e. The van der Waals surface area contributed by atoms with Crippen molar-refractivity contribution in [1.82, 2.24) is 16.0 Å². The average Bonchev–Trinajstić information content (AvgIpc) is 3.19. The molecule has 0 unspecified atom stereocenters. The summed E-state index contributed by atoms with van der Waals surface area (Å²) in [5.41, 5.74) is 6.46. The summed E-state index contributed by atoms with van der Waals surface area (Å²) in [4.78, 5) is 24.3. The molecule has 3 rings (SSSR count). The largest absolute Gasteiger partial charge is 0.489 e. The molecule has 150 valence electrons. The summed E-state index contributed by atoms with van der Waals surface area (Å²) in [5.74, 6) is -0.750.